The summed E-state index contributed by atoms with van der Waals surface area (Å²) in [7, 11) is 0. The first-order valence-electron chi connectivity index (χ1n) is 18.5. The van der Waals surface area contributed by atoms with Gasteiger partial charge in [0.2, 0.25) is 0 Å². The predicted octanol–water partition coefficient (Wildman–Crippen LogP) is 14.2. The summed E-state index contributed by atoms with van der Waals surface area (Å²) >= 11 is 0. The van der Waals surface area contributed by atoms with Gasteiger partial charge in [0.05, 0.1) is 0 Å². The second-order valence-electron chi connectivity index (χ2n) is 14.6. The highest BCUT2D eigenvalue weighted by molar-refractivity contribution is 5.78. The fraction of sp³-hybridized carbons (Fsp3) is 0.265. The monoisotopic (exact) mass is 676 g/mol. The molecule has 0 saturated heterocycles. The van der Waals surface area contributed by atoms with Crippen molar-refractivity contribution in [2.45, 2.75) is 86.5 Å². The fourth-order valence-corrected chi connectivity index (χ4v) is 8.04. The molecule has 0 radical (unpaired) electrons. The van der Waals surface area contributed by atoms with Crippen molar-refractivity contribution in [3.05, 3.63) is 165 Å². The summed E-state index contributed by atoms with van der Waals surface area (Å²) in [6.07, 6.45) is 8.46. The van der Waals surface area contributed by atoms with E-state index in [0.717, 1.165) is 35.1 Å². The molecule has 260 valence electrons. The lowest BCUT2D eigenvalue weighted by Crippen LogP contribution is -1.96. The summed E-state index contributed by atoms with van der Waals surface area (Å²) in [4.78, 5) is 0. The van der Waals surface area contributed by atoms with Gasteiger partial charge in [0.1, 0.15) is 11.6 Å². The Morgan fingerprint density at radius 1 is 0.333 bits per heavy atom. The molecule has 0 nitrogen and oxygen atoms in total. The summed E-state index contributed by atoms with van der Waals surface area (Å²) < 4.78 is 26.9. The molecule has 0 aromatic heterocycles. The topological polar surface area (TPSA) is 0 Å². The van der Waals surface area contributed by atoms with Crippen LogP contribution in [0.15, 0.2) is 109 Å². The van der Waals surface area contributed by atoms with Gasteiger partial charge in [-0.05, 0) is 181 Å². The van der Waals surface area contributed by atoms with Gasteiger partial charge in [-0.1, -0.05) is 104 Å². The minimum atomic E-state index is -0.206. The summed E-state index contributed by atoms with van der Waals surface area (Å²) in [5.41, 5.74) is 20.1. The Morgan fingerprint density at radius 3 is 0.980 bits per heavy atom. The zero-order valence-corrected chi connectivity index (χ0v) is 31.1. The largest absolute Gasteiger partial charge is 0.207 e. The van der Waals surface area contributed by atoms with Crippen LogP contribution in [0.25, 0.3) is 44.5 Å². The Kier molecular flexibility index (Phi) is 11.3. The minimum Gasteiger partial charge on any atom is -0.207 e. The van der Waals surface area contributed by atoms with Crippen LogP contribution in [0.4, 0.5) is 8.78 Å². The number of aryl methyl sites for hydroxylation is 8. The van der Waals surface area contributed by atoms with Gasteiger partial charge >= 0.3 is 0 Å². The minimum absolute atomic E-state index is 0.206. The number of hydrogen-bond acceptors (Lipinski definition) is 0. The molecular weight excluding hydrogens is 627 g/mol. The molecule has 51 heavy (non-hydrogen) atoms. The molecular formula is C49H50F2. The van der Waals surface area contributed by atoms with Gasteiger partial charge in [-0.15, -0.1) is 0 Å². The van der Waals surface area contributed by atoms with E-state index in [9.17, 15) is 8.78 Å². The van der Waals surface area contributed by atoms with Crippen LogP contribution < -0.4 is 0 Å². The van der Waals surface area contributed by atoms with Gasteiger partial charge < -0.3 is 0 Å². The van der Waals surface area contributed by atoms with E-state index in [-0.39, 0.29) is 11.6 Å². The van der Waals surface area contributed by atoms with E-state index >= 15 is 0 Å². The lowest BCUT2D eigenvalue weighted by atomic mass is 9.89. The molecule has 2 heteroatoms. The lowest BCUT2D eigenvalue weighted by molar-refractivity contribution is 0.613. The zero-order valence-electron chi connectivity index (χ0n) is 31.1. The van der Waals surface area contributed by atoms with E-state index in [0.29, 0.717) is 0 Å². The normalized spacial score (nSPS) is 11.3. The molecule has 0 atom stereocenters. The number of rotatable bonds is 12. The molecule has 0 N–H and O–H groups in total. The fourth-order valence-electron chi connectivity index (χ4n) is 8.04. The maximum Gasteiger partial charge on any atom is 0.123 e. The average molecular weight is 677 g/mol. The van der Waals surface area contributed by atoms with Crippen molar-refractivity contribution in [3.8, 4) is 44.5 Å². The Balaban J connectivity index is 0.983. The molecule has 6 aromatic rings. The summed E-state index contributed by atoms with van der Waals surface area (Å²) in [6.45, 7) is 13.2. The molecule has 0 amide bonds. The third kappa shape index (κ3) is 8.56. The van der Waals surface area contributed by atoms with E-state index < -0.39 is 0 Å². The quantitative estimate of drug-likeness (QED) is 0.113. The van der Waals surface area contributed by atoms with E-state index in [1.165, 1.54) is 123 Å². The van der Waals surface area contributed by atoms with Gasteiger partial charge in [0.25, 0.3) is 0 Å². The van der Waals surface area contributed by atoms with E-state index in [1.54, 1.807) is 0 Å². The first-order valence-corrected chi connectivity index (χ1v) is 18.5. The molecule has 0 spiro atoms. The Bertz CT molecular complexity index is 1930. The Labute approximate surface area is 304 Å². The van der Waals surface area contributed by atoms with Gasteiger partial charge in [0, 0.05) is 0 Å². The highest BCUT2D eigenvalue weighted by atomic mass is 19.1. The SMILES string of the molecule is Cc1cc(-c2c(C)cc(CCCCCCCc3cc(C)c(-c4ccc(-c5ccc(F)cc5)c(C)c4)c(C)c3)cc2C)ccc1-c1ccc(F)cc1. The van der Waals surface area contributed by atoms with Crippen LogP contribution in [-0.4, -0.2) is 0 Å². The molecule has 6 aromatic carbocycles. The van der Waals surface area contributed by atoms with Gasteiger partial charge in [-0.2, -0.15) is 0 Å². The first kappa shape index (κ1) is 36.0. The van der Waals surface area contributed by atoms with E-state index in [1.807, 2.05) is 24.3 Å². The maximum absolute atomic E-state index is 13.4. The third-order valence-corrected chi connectivity index (χ3v) is 10.5. The number of hydrogen-bond donors (Lipinski definition) is 0. The van der Waals surface area contributed by atoms with Crippen LogP contribution in [0.3, 0.4) is 0 Å². The van der Waals surface area contributed by atoms with Gasteiger partial charge in [0.15, 0.2) is 0 Å². The predicted molar refractivity (Wildman–Crippen MR) is 213 cm³/mol. The van der Waals surface area contributed by atoms with Crippen molar-refractivity contribution >= 4 is 0 Å². The molecule has 0 saturated carbocycles. The van der Waals surface area contributed by atoms with E-state index in [2.05, 4.69) is 102 Å². The highest BCUT2D eigenvalue weighted by Crippen LogP contribution is 2.35. The molecule has 0 heterocycles. The molecule has 0 bridgehead atoms. The molecule has 6 rings (SSSR count). The van der Waals surface area contributed by atoms with Crippen LogP contribution >= 0.6 is 0 Å². The Morgan fingerprint density at radius 2 is 0.647 bits per heavy atom. The van der Waals surface area contributed by atoms with Crippen LogP contribution in [0.1, 0.15) is 76.6 Å². The molecule has 0 aliphatic carbocycles. The standard InChI is InChI=1S/C49H50F2/c1-32-30-42(18-24-46(32)40-14-20-44(50)21-15-40)48-34(3)26-38(27-35(48)4)12-10-8-7-9-11-13-39-28-36(5)49(37(6)29-39)43-19-25-47(33(2)31-43)41-16-22-45(51)23-17-41/h14-31H,7-13H2,1-6H3. The summed E-state index contributed by atoms with van der Waals surface area (Å²) in [5, 5.41) is 0. The smallest absolute Gasteiger partial charge is 0.123 e. The Hall–Kier alpha value is -4.82. The van der Waals surface area contributed by atoms with Crippen molar-refractivity contribution in [2.75, 3.05) is 0 Å². The highest BCUT2D eigenvalue weighted by Gasteiger charge is 2.13. The van der Waals surface area contributed by atoms with Crippen molar-refractivity contribution in [1.29, 1.82) is 0 Å². The molecule has 0 aliphatic heterocycles. The second-order valence-corrected chi connectivity index (χ2v) is 14.6. The van der Waals surface area contributed by atoms with Crippen LogP contribution in [0.5, 0.6) is 0 Å². The zero-order chi connectivity index (χ0) is 36.1. The van der Waals surface area contributed by atoms with Crippen molar-refractivity contribution in [2.24, 2.45) is 0 Å². The second kappa shape index (κ2) is 16.0. The molecule has 0 unspecified atom stereocenters. The molecule has 0 aliphatic rings. The van der Waals surface area contributed by atoms with Crippen LogP contribution in [-0.2, 0) is 12.8 Å². The van der Waals surface area contributed by atoms with Crippen LogP contribution in [0, 0.1) is 53.2 Å². The van der Waals surface area contributed by atoms with E-state index in [4.69, 9.17) is 0 Å². The summed E-state index contributed by atoms with van der Waals surface area (Å²) in [6, 6.07) is 36.3. The maximum atomic E-state index is 13.4. The average Bonchev–Trinajstić information content (AvgIpc) is 3.08. The number of unbranched alkanes of at least 4 members (excludes halogenated alkanes) is 4. The van der Waals surface area contributed by atoms with Crippen molar-refractivity contribution < 1.29 is 8.78 Å². The van der Waals surface area contributed by atoms with Crippen molar-refractivity contribution in [1.82, 2.24) is 0 Å². The van der Waals surface area contributed by atoms with Gasteiger partial charge in [-0.3, -0.25) is 0 Å². The third-order valence-electron chi connectivity index (χ3n) is 10.5. The number of halogens is 2. The first-order chi connectivity index (χ1) is 24.6. The van der Waals surface area contributed by atoms with Crippen molar-refractivity contribution in [3.63, 3.8) is 0 Å². The summed E-state index contributed by atoms with van der Waals surface area (Å²) in [5.74, 6) is -0.412. The van der Waals surface area contributed by atoms with Crippen LogP contribution in [0.2, 0.25) is 0 Å². The molecule has 0 fully saturated rings. The van der Waals surface area contributed by atoms with Gasteiger partial charge in [-0.25, -0.2) is 8.78 Å². The lowest BCUT2D eigenvalue weighted by Gasteiger charge is -2.16. The number of benzene rings is 6.